The Bertz CT molecular complexity index is 524. The largest absolute Gasteiger partial charge is 0.493 e. The molecule has 0 aliphatic heterocycles. The molecule has 0 aliphatic rings. The second kappa shape index (κ2) is 7.18. The molecule has 1 amide bonds. The van der Waals surface area contributed by atoms with E-state index in [9.17, 15) is 9.59 Å². The van der Waals surface area contributed by atoms with Crippen molar-refractivity contribution in [3.05, 3.63) is 29.8 Å². The Morgan fingerprint density at radius 2 is 1.85 bits per heavy atom. The number of amides is 1. The van der Waals surface area contributed by atoms with Crippen molar-refractivity contribution in [3.8, 4) is 11.5 Å². The molecule has 0 spiro atoms. The van der Waals surface area contributed by atoms with E-state index in [2.05, 4.69) is 0 Å². The van der Waals surface area contributed by atoms with Gasteiger partial charge in [-0.05, 0) is 30.7 Å². The maximum Gasteiger partial charge on any atom is 0.331 e. The van der Waals surface area contributed by atoms with E-state index in [4.69, 9.17) is 19.9 Å². The van der Waals surface area contributed by atoms with Gasteiger partial charge < -0.3 is 19.9 Å². The summed E-state index contributed by atoms with van der Waals surface area (Å²) in [7, 11) is 3.06. The van der Waals surface area contributed by atoms with Gasteiger partial charge >= 0.3 is 5.97 Å². The topological polar surface area (TPSA) is 87.9 Å². The number of rotatable bonds is 6. The van der Waals surface area contributed by atoms with Gasteiger partial charge in [-0.15, -0.1) is 0 Å². The first-order valence-corrected chi connectivity index (χ1v) is 5.88. The Morgan fingerprint density at radius 3 is 2.40 bits per heavy atom. The van der Waals surface area contributed by atoms with Crippen LogP contribution in [0.5, 0.6) is 11.5 Å². The Morgan fingerprint density at radius 1 is 1.20 bits per heavy atom. The molecule has 0 heterocycles. The minimum Gasteiger partial charge on any atom is -0.493 e. The zero-order valence-electron chi connectivity index (χ0n) is 11.6. The fraction of sp³-hybridized carbons (Fsp3) is 0.286. The van der Waals surface area contributed by atoms with Crippen LogP contribution in [0, 0.1) is 0 Å². The fourth-order valence-electron chi connectivity index (χ4n) is 1.39. The van der Waals surface area contributed by atoms with Gasteiger partial charge in [0.25, 0.3) is 5.91 Å². The fourth-order valence-corrected chi connectivity index (χ4v) is 1.39. The van der Waals surface area contributed by atoms with Crippen molar-refractivity contribution >= 4 is 18.0 Å². The molecule has 108 valence electrons. The van der Waals surface area contributed by atoms with Crippen molar-refractivity contribution in [1.29, 1.82) is 0 Å². The number of esters is 1. The van der Waals surface area contributed by atoms with Gasteiger partial charge in [0.1, 0.15) is 0 Å². The van der Waals surface area contributed by atoms with Gasteiger partial charge in [-0.2, -0.15) is 0 Å². The summed E-state index contributed by atoms with van der Waals surface area (Å²) in [5.41, 5.74) is 5.72. The third-order valence-electron chi connectivity index (χ3n) is 2.51. The Balaban J connectivity index is 2.75. The highest BCUT2D eigenvalue weighted by Crippen LogP contribution is 2.27. The maximum absolute atomic E-state index is 11.4. The lowest BCUT2D eigenvalue weighted by Crippen LogP contribution is -2.29. The molecule has 0 unspecified atom stereocenters. The van der Waals surface area contributed by atoms with Gasteiger partial charge in [0.15, 0.2) is 17.6 Å². The SMILES string of the molecule is COc1ccc(/C=C/C(=O)O[C@@H](C)C(N)=O)cc1OC. The number of benzene rings is 1. The van der Waals surface area contributed by atoms with Crippen LogP contribution in [0.4, 0.5) is 0 Å². The van der Waals surface area contributed by atoms with E-state index < -0.39 is 18.0 Å². The first-order chi connectivity index (χ1) is 9.47. The first kappa shape index (κ1) is 15.6. The van der Waals surface area contributed by atoms with Gasteiger partial charge in [0.05, 0.1) is 14.2 Å². The second-order valence-electron chi connectivity index (χ2n) is 3.93. The number of carbonyl (C=O) groups is 2. The summed E-state index contributed by atoms with van der Waals surface area (Å²) >= 11 is 0. The normalized spacial score (nSPS) is 11.9. The maximum atomic E-state index is 11.4. The minimum absolute atomic E-state index is 0.550. The van der Waals surface area contributed by atoms with Crippen LogP contribution in [-0.4, -0.2) is 32.2 Å². The minimum atomic E-state index is -0.961. The average molecular weight is 279 g/mol. The molecule has 0 fully saturated rings. The molecule has 0 saturated carbocycles. The molecule has 6 heteroatoms. The number of nitrogens with two attached hydrogens (primary N) is 1. The highest BCUT2D eigenvalue weighted by atomic mass is 16.5. The van der Waals surface area contributed by atoms with E-state index in [1.54, 1.807) is 18.2 Å². The zero-order valence-corrected chi connectivity index (χ0v) is 11.6. The number of hydrogen-bond donors (Lipinski definition) is 1. The molecule has 20 heavy (non-hydrogen) atoms. The van der Waals surface area contributed by atoms with Crippen molar-refractivity contribution in [2.45, 2.75) is 13.0 Å². The summed E-state index contributed by atoms with van der Waals surface area (Å²) in [5.74, 6) is -0.202. The third-order valence-corrected chi connectivity index (χ3v) is 2.51. The van der Waals surface area contributed by atoms with E-state index in [0.29, 0.717) is 11.5 Å². The third kappa shape index (κ3) is 4.31. The zero-order chi connectivity index (χ0) is 15.1. The van der Waals surface area contributed by atoms with Crippen molar-refractivity contribution in [3.63, 3.8) is 0 Å². The van der Waals surface area contributed by atoms with E-state index in [0.717, 1.165) is 5.56 Å². The smallest absolute Gasteiger partial charge is 0.331 e. The van der Waals surface area contributed by atoms with Crippen LogP contribution in [0.3, 0.4) is 0 Å². The molecule has 0 aromatic heterocycles. The van der Waals surface area contributed by atoms with Crippen molar-refractivity contribution in [2.75, 3.05) is 14.2 Å². The van der Waals surface area contributed by atoms with E-state index in [1.165, 1.54) is 33.3 Å². The van der Waals surface area contributed by atoms with Gasteiger partial charge in [-0.25, -0.2) is 4.79 Å². The van der Waals surface area contributed by atoms with Gasteiger partial charge in [-0.1, -0.05) is 6.07 Å². The molecule has 2 N–H and O–H groups in total. The summed E-state index contributed by atoms with van der Waals surface area (Å²) < 4.78 is 15.0. The molecule has 1 rings (SSSR count). The molecule has 0 aliphatic carbocycles. The lowest BCUT2D eigenvalue weighted by Gasteiger charge is -2.08. The van der Waals surface area contributed by atoms with Crippen LogP contribution in [-0.2, 0) is 14.3 Å². The summed E-state index contributed by atoms with van der Waals surface area (Å²) in [4.78, 5) is 22.2. The molecule has 1 aromatic carbocycles. The van der Waals surface area contributed by atoms with Crippen molar-refractivity contribution < 1.29 is 23.8 Å². The van der Waals surface area contributed by atoms with Gasteiger partial charge in [0.2, 0.25) is 0 Å². The molecule has 0 radical (unpaired) electrons. The molecule has 6 nitrogen and oxygen atoms in total. The number of ether oxygens (including phenoxy) is 3. The number of methoxy groups -OCH3 is 2. The first-order valence-electron chi connectivity index (χ1n) is 5.88. The van der Waals surface area contributed by atoms with Gasteiger partial charge in [0, 0.05) is 6.08 Å². The summed E-state index contributed by atoms with van der Waals surface area (Å²) in [5, 5.41) is 0. The second-order valence-corrected chi connectivity index (χ2v) is 3.93. The molecular weight excluding hydrogens is 262 g/mol. The average Bonchev–Trinajstić information content (AvgIpc) is 2.44. The van der Waals surface area contributed by atoms with Crippen molar-refractivity contribution in [2.24, 2.45) is 5.73 Å². The summed E-state index contributed by atoms with van der Waals surface area (Å²) in [6, 6.07) is 5.18. The summed E-state index contributed by atoms with van der Waals surface area (Å²) in [6.45, 7) is 1.41. The molecule has 1 atom stereocenters. The monoisotopic (exact) mass is 279 g/mol. The van der Waals surface area contributed by atoms with Crippen LogP contribution < -0.4 is 15.2 Å². The van der Waals surface area contributed by atoms with E-state index >= 15 is 0 Å². The summed E-state index contributed by atoms with van der Waals surface area (Å²) in [6.07, 6.45) is 1.79. The standard InChI is InChI=1S/C14H17NO5/c1-9(14(15)17)20-13(16)7-5-10-4-6-11(18-2)12(8-10)19-3/h4-9H,1-3H3,(H2,15,17)/b7-5+/t9-/m0/s1. The molecule has 0 bridgehead atoms. The Hall–Kier alpha value is -2.50. The van der Waals surface area contributed by atoms with Gasteiger partial charge in [-0.3, -0.25) is 4.79 Å². The Kier molecular flexibility index (Phi) is 5.58. The quantitative estimate of drug-likeness (QED) is 0.623. The highest BCUT2D eigenvalue weighted by molar-refractivity contribution is 5.90. The molecular formula is C14H17NO5. The lowest BCUT2D eigenvalue weighted by molar-refractivity contribution is -0.148. The highest BCUT2D eigenvalue weighted by Gasteiger charge is 2.12. The predicted octanol–water partition coefficient (Wildman–Crippen LogP) is 1.13. The predicted molar refractivity (Wildman–Crippen MR) is 73.3 cm³/mol. The van der Waals surface area contributed by atoms with E-state index in [1.807, 2.05) is 0 Å². The Labute approximate surface area is 117 Å². The van der Waals surface area contributed by atoms with Crippen LogP contribution in [0.25, 0.3) is 6.08 Å². The van der Waals surface area contributed by atoms with Crippen LogP contribution >= 0.6 is 0 Å². The van der Waals surface area contributed by atoms with E-state index in [-0.39, 0.29) is 0 Å². The number of primary amides is 1. The molecule has 1 aromatic rings. The van der Waals surface area contributed by atoms with Crippen LogP contribution in [0.1, 0.15) is 12.5 Å². The number of carbonyl (C=O) groups excluding carboxylic acids is 2. The number of hydrogen-bond acceptors (Lipinski definition) is 5. The lowest BCUT2D eigenvalue weighted by atomic mass is 10.2. The van der Waals surface area contributed by atoms with Crippen LogP contribution in [0.2, 0.25) is 0 Å². The molecule has 0 saturated heterocycles. The van der Waals surface area contributed by atoms with Crippen LogP contribution in [0.15, 0.2) is 24.3 Å². The van der Waals surface area contributed by atoms with Crippen molar-refractivity contribution in [1.82, 2.24) is 0 Å².